The first kappa shape index (κ1) is 19.3. The number of halogens is 1. The van der Waals surface area contributed by atoms with Gasteiger partial charge in [0.15, 0.2) is 11.5 Å². The predicted octanol–water partition coefficient (Wildman–Crippen LogP) is 3.56. The number of hydrogen-bond acceptors (Lipinski definition) is 6. The SMILES string of the molecule is COc1cc(C2OC(c3ccccc3I)=NN2C(C)=O)cc(OC)c1OC. The van der Waals surface area contributed by atoms with Crippen LogP contribution in [0.2, 0.25) is 0 Å². The summed E-state index contributed by atoms with van der Waals surface area (Å²) in [7, 11) is 4.60. The number of ether oxygens (including phenoxy) is 4. The molecule has 7 nitrogen and oxygen atoms in total. The summed E-state index contributed by atoms with van der Waals surface area (Å²) in [6, 6.07) is 11.2. The van der Waals surface area contributed by atoms with Crippen molar-refractivity contribution in [2.75, 3.05) is 21.3 Å². The van der Waals surface area contributed by atoms with Gasteiger partial charge in [-0.15, -0.1) is 5.10 Å². The highest BCUT2D eigenvalue weighted by Crippen LogP contribution is 2.42. The highest BCUT2D eigenvalue weighted by Gasteiger charge is 2.35. The number of carbonyl (C=O) groups is 1. The zero-order chi connectivity index (χ0) is 19.6. The molecule has 8 heteroatoms. The summed E-state index contributed by atoms with van der Waals surface area (Å²) >= 11 is 2.21. The third-order valence-electron chi connectivity index (χ3n) is 4.04. The van der Waals surface area contributed by atoms with E-state index >= 15 is 0 Å². The zero-order valence-corrected chi connectivity index (χ0v) is 17.5. The van der Waals surface area contributed by atoms with Crippen molar-refractivity contribution in [2.45, 2.75) is 13.2 Å². The van der Waals surface area contributed by atoms with E-state index in [0.29, 0.717) is 28.7 Å². The standard InChI is InChI=1S/C19H19IN2O5/c1-11(23)22-19(27-18(21-22)13-7-5-6-8-14(13)20)12-9-15(24-2)17(26-4)16(10-12)25-3/h5-10,19H,1-4H3. The Kier molecular flexibility index (Phi) is 5.73. The van der Waals surface area contributed by atoms with Crippen LogP contribution in [0.15, 0.2) is 41.5 Å². The second-order valence-corrected chi connectivity index (χ2v) is 6.84. The highest BCUT2D eigenvalue weighted by molar-refractivity contribution is 14.1. The predicted molar refractivity (Wildman–Crippen MR) is 108 cm³/mol. The first-order valence-corrected chi connectivity index (χ1v) is 9.17. The number of carbonyl (C=O) groups excluding carboxylic acids is 1. The Balaban J connectivity index is 2.04. The first-order chi connectivity index (χ1) is 13.0. The van der Waals surface area contributed by atoms with E-state index in [9.17, 15) is 4.79 Å². The number of amides is 1. The second kappa shape index (κ2) is 8.03. The number of hydrogen-bond donors (Lipinski definition) is 0. The Morgan fingerprint density at radius 2 is 1.74 bits per heavy atom. The number of rotatable bonds is 5. The Morgan fingerprint density at radius 3 is 2.26 bits per heavy atom. The number of methoxy groups -OCH3 is 3. The molecule has 1 aliphatic heterocycles. The van der Waals surface area contributed by atoms with Gasteiger partial charge < -0.3 is 18.9 Å². The van der Waals surface area contributed by atoms with Crippen molar-refractivity contribution in [1.29, 1.82) is 0 Å². The molecule has 0 saturated carbocycles. The van der Waals surface area contributed by atoms with Crippen LogP contribution in [0.1, 0.15) is 24.3 Å². The van der Waals surface area contributed by atoms with Crippen molar-refractivity contribution in [3.63, 3.8) is 0 Å². The molecule has 0 spiro atoms. The lowest BCUT2D eigenvalue weighted by Crippen LogP contribution is -2.25. The van der Waals surface area contributed by atoms with Crippen LogP contribution in [0.5, 0.6) is 17.2 Å². The van der Waals surface area contributed by atoms with Crippen LogP contribution < -0.4 is 14.2 Å². The van der Waals surface area contributed by atoms with Crippen LogP contribution in [0, 0.1) is 3.57 Å². The molecule has 1 aliphatic rings. The summed E-state index contributed by atoms with van der Waals surface area (Å²) in [4.78, 5) is 12.2. The molecule has 142 valence electrons. The Labute approximate surface area is 171 Å². The van der Waals surface area contributed by atoms with Crippen LogP contribution in [-0.2, 0) is 9.53 Å². The van der Waals surface area contributed by atoms with E-state index in [1.54, 1.807) is 12.1 Å². The third kappa shape index (κ3) is 3.66. The number of nitrogens with zero attached hydrogens (tertiary/aromatic N) is 2. The maximum Gasteiger partial charge on any atom is 0.243 e. The van der Waals surface area contributed by atoms with Crippen LogP contribution >= 0.6 is 22.6 Å². The van der Waals surface area contributed by atoms with Gasteiger partial charge in [-0.1, -0.05) is 12.1 Å². The van der Waals surface area contributed by atoms with E-state index in [2.05, 4.69) is 27.7 Å². The fraction of sp³-hybridized carbons (Fsp3) is 0.263. The summed E-state index contributed by atoms with van der Waals surface area (Å²) in [5.41, 5.74) is 1.48. The molecule has 3 rings (SSSR count). The molecule has 1 amide bonds. The molecule has 1 atom stereocenters. The molecule has 0 saturated heterocycles. The van der Waals surface area contributed by atoms with Gasteiger partial charge in [-0.2, -0.15) is 5.01 Å². The number of benzene rings is 2. The molecule has 0 aromatic heterocycles. The Morgan fingerprint density at radius 1 is 1.11 bits per heavy atom. The molecular formula is C19H19IN2O5. The molecule has 27 heavy (non-hydrogen) atoms. The quantitative estimate of drug-likeness (QED) is 0.610. The van der Waals surface area contributed by atoms with Crippen molar-refractivity contribution in [3.8, 4) is 17.2 Å². The van der Waals surface area contributed by atoms with Crippen LogP contribution in [0.3, 0.4) is 0 Å². The van der Waals surface area contributed by atoms with Gasteiger partial charge in [0.05, 0.1) is 26.9 Å². The second-order valence-electron chi connectivity index (χ2n) is 5.68. The van der Waals surface area contributed by atoms with E-state index in [1.165, 1.54) is 33.3 Å². The monoisotopic (exact) mass is 482 g/mol. The topological polar surface area (TPSA) is 69.6 Å². The maximum atomic E-state index is 12.2. The first-order valence-electron chi connectivity index (χ1n) is 8.10. The van der Waals surface area contributed by atoms with Crippen LogP contribution in [0.4, 0.5) is 0 Å². The van der Waals surface area contributed by atoms with Gasteiger partial charge in [0.1, 0.15) is 0 Å². The summed E-state index contributed by atoms with van der Waals surface area (Å²) in [5.74, 6) is 1.56. The fourth-order valence-corrected chi connectivity index (χ4v) is 3.39. The molecule has 1 heterocycles. The van der Waals surface area contributed by atoms with E-state index in [-0.39, 0.29) is 5.91 Å². The lowest BCUT2D eigenvalue weighted by atomic mass is 10.1. The van der Waals surface area contributed by atoms with Crippen molar-refractivity contribution in [3.05, 3.63) is 51.1 Å². The smallest absolute Gasteiger partial charge is 0.243 e. The van der Waals surface area contributed by atoms with Gasteiger partial charge in [-0.05, 0) is 46.9 Å². The Bertz CT molecular complexity index is 874. The van der Waals surface area contributed by atoms with E-state index in [0.717, 1.165) is 9.13 Å². The molecule has 0 radical (unpaired) electrons. The molecule has 0 bridgehead atoms. The minimum atomic E-state index is -0.734. The average molecular weight is 482 g/mol. The lowest BCUT2D eigenvalue weighted by molar-refractivity contribution is -0.135. The minimum Gasteiger partial charge on any atom is -0.493 e. The molecule has 2 aromatic carbocycles. The van der Waals surface area contributed by atoms with Crippen LogP contribution in [-0.4, -0.2) is 38.1 Å². The fourth-order valence-electron chi connectivity index (χ4n) is 2.77. The molecule has 0 N–H and O–H groups in total. The van der Waals surface area contributed by atoms with Crippen molar-refractivity contribution < 1.29 is 23.7 Å². The normalized spacial score (nSPS) is 15.8. The Hall–Kier alpha value is -2.49. The van der Waals surface area contributed by atoms with Crippen molar-refractivity contribution >= 4 is 34.4 Å². The van der Waals surface area contributed by atoms with Gasteiger partial charge in [0, 0.05) is 16.1 Å². The van der Waals surface area contributed by atoms with Crippen LogP contribution in [0.25, 0.3) is 0 Å². The lowest BCUT2D eigenvalue weighted by Gasteiger charge is -2.21. The average Bonchev–Trinajstić information content (AvgIpc) is 3.12. The van der Waals surface area contributed by atoms with Gasteiger partial charge in [-0.3, -0.25) is 4.79 Å². The third-order valence-corrected chi connectivity index (χ3v) is 4.98. The highest BCUT2D eigenvalue weighted by atomic mass is 127. The number of hydrazone groups is 1. The van der Waals surface area contributed by atoms with Gasteiger partial charge in [-0.25, -0.2) is 0 Å². The van der Waals surface area contributed by atoms with E-state index < -0.39 is 6.23 Å². The molecule has 1 unspecified atom stereocenters. The van der Waals surface area contributed by atoms with Gasteiger partial charge in [0.25, 0.3) is 0 Å². The summed E-state index contributed by atoms with van der Waals surface area (Å²) in [6.07, 6.45) is -0.734. The minimum absolute atomic E-state index is 0.241. The van der Waals surface area contributed by atoms with Gasteiger partial charge in [0.2, 0.25) is 23.8 Å². The maximum absolute atomic E-state index is 12.2. The van der Waals surface area contributed by atoms with Crippen molar-refractivity contribution in [2.24, 2.45) is 5.10 Å². The van der Waals surface area contributed by atoms with E-state index in [4.69, 9.17) is 18.9 Å². The van der Waals surface area contributed by atoms with Gasteiger partial charge >= 0.3 is 0 Å². The summed E-state index contributed by atoms with van der Waals surface area (Å²) in [6.45, 7) is 1.44. The summed E-state index contributed by atoms with van der Waals surface area (Å²) < 4.78 is 23.2. The molecule has 0 aliphatic carbocycles. The van der Waals surface area contributed by atoms with Crippen molar-refractivity contribution in [1.82, 2.24) is 5.01 Å². The molecule has 2 aromatic rings. The zero-order valence-electron chi connectivity index (χ0n) is 15.4. The summed E-state index contributed by atoms with van der Waals surface area (Å²) in [5, 5.41) is 5.70. The largest absolute Gasteiger partial charge is 0.493 e. The molecule has 0 fully saturated rings. The van der Waals surface area contributed by atoms with E-state index in [1.807, 2.05) is 24.3 Å². The molecular weight excluding hydrogens is 463 g/mol.